The van der Waals surface area contributed by atoms with Crippen molar-refractivity contribution in [3.63, 3.8) is 0 Å². The molecule has 0 bridgehead atoms. The Morgan fingerprint density at radius 3 is 2.12 bits per heavy atom. The molecule has 12 heteroatoms. The van der Waals surface area contributed by atoms with Crippen LogP contribution in [0.1, 0.15) is 48.6 Å². The van der Waals surface area contributed by atoms with Gasteiger partial charge >= 0.3 is 6.18 Å². The first-order valence-electron chi connectivity index (χ1n) is 13.0. The van der Waals surface area contributed by atoms with Crippen LogP contribution in [-0.4, -0.2) is 60.8 Å². The number of carbonyl (C=O) groups excluding carboxylic acids is 3. The van der Waals surface area contributed by atoms with E-state index < -0.39 is 11.7 Å². The summed E-state index contributed by atoms with van der Waals surface area (Å²) in [7, 11) is 0. The van der Waals surface area contributed by atoms with Gasteiger partial charge in [-0.25, -0.2) is 0 Å². The lowest BCUT2D eigenvalue weighted by Gasteiger charge is -2.21. The average Bonchev–Trinajstić information content (AvgIpc) is 2.93. The number of alkyl halides is 3. The first-order chi connectivity index (χ1) is 19.5. The summed E-state index contributed by atoms with van der Waals surface area (Å²) in [6.07, 6.45) is 2.59. The highest BCUT2D eigenvalue weighted by Crippen LogP contribution is 2.28. The molecule has 0 spiro atoms. The summed E-state index contributed by atoms with van der Waals surface area (Å²) in [5.41, 5.74) is 13.3. The van der Waals surface area contributed by atoms with Crippen molar-refractivity contribution in [1.82, 2.24) is 15.2 Å². The van der Waals surface area contributed by atoms with Crippen LogP contribution in [0.15, 0.2) is 49.7 Å². The van der Waals surface area contributed by atoms with Crippen molar-refractivity contribution in [2.45, 2.75) is 39.3 Å². The average molecular weight is 579 g/mol. The second kappa shape index (κ2) is 20.8. The number of pyridine rings is 1. The van der Waals surface area contributed by atoms with Crippen LogP contribution < -0.4 is 22.1 Å². The van der Waals surface area contributed by atoms with Crippen LogP contribution in [0.3, 0.4) is 0 Å². The Balaban J connectivity index is 0.000000599. The lowest BCUT2D eigenvalue weighted by atomic mass is 10.1. The summed E-state index contributed by atoms with van der Waals surface area (Å²) >= 11 is 0. The third-order valence-electron chi connectivity index (χ3n) is 5.29. The summed E-state index contributed by atoms with van der Waals surface area (Å²) < 4.78 is 35.8. The maximum atomic E-state index is 11.9. The zero-order valence-electron chi connectivity index (χ0n) is 23.7. The maximum absolute atomic E-state index is 11.9. The molecule has 6 N–H and O–H groups in total. The van der Waals surface area contributed by atoms with Crippen molar-refractivity contribution in [3.8, 4) is 0 Å². The summed E-state index contributed by atoms with van der Waals surface area (Å²) in [6.45, 7) is 13.4. The Labute approximate surface area is 239 Å². The van der Waals surface area contributed by atoms with Gasteiger partial charge in [-0.1, -0.05) is 36.9 Å². The lowest BCUT2D eigenvalue weighted by Crippen LogP contribution is -2.38. The lowest BCUT2D eigenvalue weighted by molar-refractivity contribution is -0.137. The molecule has 0 unspecified atom stereocenters. The molecule has 0 fully saturated rings. The van der Waals surface area contributed by atoms with Crippen molar-refractivity contribution < 1.29 is 27.6 Å². The zero-order valence-corrected chi connectivity index (χ0v) is 23.7. The van der Waals surface area contributed by atoms with Gasteiger partial charge in [0.05, 0.1) is 23.1 Å². The maximum Gasteiger partial charge on any atom is 0.416 e. The second-order valence-corrected chi connectivity index (χ2v) is 8.50. The van der Waals surface area contributed by atoms with Crippen LogP contribution in [-0.2, 0) is 20.6 Å². The fraction of sp³-hybridized carbons (Fsp3) is 0.379. The van der Waals surface area contributed by atoms with Gasteiger partial charge < -0.3 is 27.0 Å². The number of carbonyl (C=O) groups is 3. The molecule has 1 heterocycles. The minimum absolute atomic E-state index is 0.00972. The quantitative estimate of drug-likeness (QED) is 0.265. The Morgan fingerprint density at radius 2 is 1.66 bits per heavy atom. The fourth-order valence-corrected chi connectivity index (χ4v) is 3.23. The molecule has 1 aromatic carbocycles. The molecule has 41 heavy (non-hydrogen) atoms. The molecule has 0 atom stereocenters. The third kappa shape index (κ3) is 16.0. The molecule has 0 aliphatic carbocycles. The van der Waals surface area contributed by atoms with E-state index in [1.165, 1.54) is 12.1 Å². The Morgan fingerprint density at radius 1 is 1.05 bits per heavy atom. The number of anilines is 1. The summed E-state index contributed by atoms with van der Waals surface area (Å²) in [5.74, 6) is 0.00898. The van der Waals surface area contributed by atoms with Crippen molar-refractivity contribution in [1.29, 1.82) is 0 Å². The summed E-state index contributed by atoms with van der Waals surface area (Å²) in [6, 6.07) is 6.84. The molecule has 0 saturated heterocycles. The Kier molecular flexibility index (Phi) is 18.8. The monoisotopic (exact) mass is 578 g/mol. The topological polar surface area (TPSA) is 143 Å². The number of halogens is 3. The predicted molar refractivity (Wildman–Crippen MR) is 158 cm³/mol. The molecule has 1 aromatic heterocycles. The first kappa shape index (κ1) is 37.0. The van der Waals surface area contributed by atoms with Gasteiger partial charge in [-0.2, -0.15) is 13.2 Å². The first-order valence-corrected chi connectivity index (χ1v) is 13.0. The largest absolute Gasteiger partial charge is 0.416 e. The number of aromatic nitrogens is 1. The van der Waals surface area contributed by atoms with Crippen LogP contribution in [0.5, 0.6) is 0 Å². The summed E-state index contributed by atoms with van der Waals surface area (Å²) in [4.78, 5) is 38.8. The zero-order chi connectivity index (χ0) is 31.3. The fourth-order valence-electron chi connectivity index (χ4n) is 3.23. The van der Waals surface area contributed by atoms with Gasteiger partial charge in [0.1, 0.15) is 0 Å². The summed E-state index contributed by atoms with van der Waals surface area (Å²) in [5, 5.41) is 5.20. The van der Waals surface area contributed by atoms with E-state index in [0.717, 1.165) is 29.0 Å². The molecule has 2 rings (SSSR count). The highest BCUT2D eigenvalue weighted by molar-refractivity contribution is 5.79. The molecule has 0 aliphatic heterocycles. The van der Waals surface area contributed by atoms with Crippen LogP contribution in [0, 0.1) is 6.92 Å². The van der Waals surface area contributed by atoms with Gasteiger partial charge in [0.25, 0.3) is 0 Å². The number of nitrogens with one attached hydrogen (secondary N) is 2. The van der Waals surface area contributed by atoms with Gasteiger partial charge in [-0.3, -0.25) is 19.4 Å². The van der Waals surface area contributed by atoms with Crippen molar-refractivity contribution in [2.75, 3.05) is 38.0 Å². The number of nitrogens with zero attached hydrogens (tertiary/aromatic N) is 2. The third-order valence-corrected chi connectivity index (χ3v) is 5.29. The van der Waals surface area contributed by atoms with Gasteiger partial charge in [0.15, 0.2) is 0 Å². The predicted octanol–water partition coefficient (Wildman–Crippen LogP) is 3.99. The Hall–Kier alpha value is -4.03. The normalized spacial score (nSPS) is 10.1. The highest BCUT2D eigenvalue weighted by atomic mass is 19.4. The van der Waals surface area contributed by atoms with E-state index >= 15 is 0 Å². The highest BCUT2D eigenvalue weighted by Gasteiger charge is 2.29. The number of amides is 3. The SMILES string of the molecule is C=Cc1cc(NC=O)cnc1C=C.CCNC(=O)CCCC(=O)N(CCN)CCN.Cc1ccc(C(F)(F)F)cc1. The number of rotatable bonds is 13. The van der Waals surface area contributed by atoms with E-state index in [2.05, 4.69) is 28.8 Å². The van der Waals surface area contributed by atoms with Crippen LogP contribution in [0.2, 0.25) is 0 Å². The number of benzene rings is 1. The van der Waals surface area contributed by atoms with Crippen molar-refractivity contribution >= 4 is 36.1 Å². The smallest absolute Gasteiger partial charge is 0.356 e. The van der Waals surface area contributed by atoms with Gasteiger partial charge in [0, 0.05) is 51.1 Å². The number of hydrogen-bond donors (Lipinski definition) is 4. The van der Waals surface area contributed by atoms with Crippen molar-refractivity contribution in [3.05, 3.63) is 72.1 Å². The Bertz CT molecular complexity index is 1090. The molecule has 0 saturated carbocycles. The molecule has 0 radical (unpaired) electrons. The van der Waals surface area contributed by atoms with E-state index in [0.29, 0.717) is 64.1 Å². The van der Waals surface area contributed by atoms with E-state index in [-0.39, 0.29) is 11.8 Å². The second-order valence-electron chi connectivity index (χ2n) is 8.50. The molecule has 226 valence electrons. The number of aryl methyl sites for hydroxylation is 1. The molecule has 9 nitrogen and oxygen atoms in total. The van der Waals surface area contributed by atoms with E-state index in [1.54, 1.807) is 36.2 Å². The molecular formula is C29H41F3N6O3. The minimum Gasteiger partial charge on any atom is -0.356 e. The van der Waals surface area contributed by atoms with Gasteiger partial charge in [-0.15, -0.1) is 0 Å². The minimum atomic E-state index is -4.21. The van der Waals surface area contributed by atoms with E-state index in [9.17, 15) is 27.6 Å². The molecule has 2 aromatic rings. The molecular weight excluding hydrogens is 537 g/mol. The van der Waals surface area contributed by atoms with Gasteiger partial charge in [0.2, 0.25) is 18.2 Å². The van der Waals surface area contributed by atoms with Crippen LogP contribution in [0.4, 0.5) is 18.9 Å². The van der Waals surface area contributed by atoms with E-state index in [4.69, 9.17) is 11.5 Å². The standard InChI is InChI=1S/C11H24N4O2.C10H10N2O.C8H7F3/c1-2-14-10(16)4-3-5-11(17)15(8-6-12)9-7-13;1-3-8-5-9(12-7-13)6-11-10(8)4-2;1-6-2-4-7(5-3-6)8(9,10)11/h2-9,12-13H2,1H3,(H,14,16);3-7H,1-2H2,(H,12,13);2-5H,1H3. The van der Waals surface area contributed by atoms with E-state index in [1.807, 2.05) is 6.92 Å². The van der Waals surface area contributed by atoms with Crippen LogP contribution >= 0.6 is 0 Å². The van der Waals surface area contributed by atoms with Gasteiger partial charge in [-0.05, 0) is 44.5 Å². The number of hydrogen-bond acceptors (Lipinski definition) is 6. The molecule has 0 aliphatic rings. The molecule has 3 amide bonds. The van der Waals surface area contributed by atoms with Crippen LogP contribution in [0.25, 0.3) is 12.2 Å². The number of nitrogens with two attached hydrogens (primary N) is 2. The van der Waals surface area contributed by atoms with Crippen molar-refractivity contribution in [2.24, 2.45) is 11.5 Å².